The van der Waals surface area contributed by atoms with E-state index in [4.69, 9.17) is 10.8 Å². The van der Waals surface area contributed by atoms with Gasteiger partial charge in [-0.3, -0.25) is 9.59 Å². The molecule has 1 aliphatic rings. The summed E-state index contributed by atoms with van der Waals surface area (Å²) >= 11 is 0. The zero-order chi connectivity index (χ0) is 14.5. The van der Waals surface area contributed by atoms with Crippen LogP contribution in [-0.2, 0) is 4.79 Å². The molecule has 20 heavy (non-hydrogen) atoms. The number of carbonyl (C=O) groups is 2. The van der Waals surface area contributed by atoms with E-state index in [-0.39, 0.29) is 12.5 Å². The van der Waals surface area contributed by atoms with Gasteiger partial charge in [0.15, 0.2) is 0 Å². The highest BCUT2D eigenvalue weighted by molar-refractivity contribution is 5.99. The maximum Gasteiger partial charge on any atom is 0.255 e. The van der Waals surface area contributed by atoms with Gasteiger partial charge in [0.05, 0.1) is 5.56 Å². The van der Waals surface area contributed by atoms with Gasteiger partial charge in [-0.05, 0) is 25.0 Å². The lowest BCUT2D eigenvalue weighted by Gasteiger charge is -2.22. The lowest BCUT2D eigenvalue weighted by Crippen LogP contribution is -2.43. The summed E-state index contributed by atoms with van der Waals surface area (Å²) in [5, 5.41) is 8.75. The van der Waals surface area contributed by atoms with Crippen LogP contribution in [-0.4, -0.2) is 41.0 Å². The first kappa shape index (κ1) is 14.1. The molecule has 5 nitrogen and oxygen atoms in total. The highest BCUT2D eigenvalue weighted by Gasteiger charge is 2.33. The van der Waals surface area contributed by atoms with Crippen molar-refractivity contribution in [3.63, 3.8) is 0 Å². The molecule has 5 heteroatoms. The van der Waals surface area contributed by atoms with E-state index in [2.05, 4.69) is 11.8 Å². The van der Waals surface area contributed by atoms with Crippen LogP contribution in [0.25, 0.3) is 0 Å². The zero-order valence-corrected chi connectivity index (χ0v) is 11.0. The van der Waals surface area contributed by atoms with Crippen molar-refractivity contribution in [1.29, 1.82) is 0 Å². The summed E-state index contributed by atoms with van der Waals surface area (Å²) < 4.78 is 0. The molecular weight excluding hydrogens is 256 g/mol. The van der Waals surface area contributed by atoms with Crippen molar-refractivity contribution >= 4 is 11.8 Å². The predicted octanol–water partition coefficient (Wildman–Crippen LogP) is 0.120. The minimum absolute atomic E-state index is 0.242. The van der Waals surface area contributed by atoms with Crippen LogP contribution in [0.1, 0.15) is 28.8 Å². The molecule has 1 aromatic rings. The molecule has 2 amide bonds. The quantitative estimate of drug-likeness (QED) is 0.750. The molecular formula is C15H16N2O3. The number of likely N-dealkylation sites (tertiary alicyclic amines) is 1. The molecule has 1 saturated heterocycles. The minimum atomic E-state index is -0.540. The van der Waals surface area contributed by atoms with Crippen LogP contribution in [0.4, 0.5) is 0 Å². The third-order valence-corrected chi connectivity index (χ3v) is 3.30. The fourth-order valence-corrected chi connectivity index (χ4v) is 2.37. The van der Waals surface area contributed by atoms with Crippen LogP contribution in [0.2, 0.25) is 0 Å². The minimum Gasteiger partial charge on any atom is -0.384 e. The van der Waals surface area contributed by atoms with Gasteiger partial charge in [-0.25, -0.2) is 0 Å². The summed E-state index contributed by atoms with van der Waals surface area (Å²) in [6, 6.07) is 6.35. The Hall–Kier alpha value is -2.32. The Balaban J connectivity index is 2.31. The molecule has 104 valence electrons. The summed E-state index contributed by atoms with van der Waals surface area (Å²) in [6.07, 6.45) is 1.37. The van der Waals surface area contributed by atoms with E-state index in [0.29, 0.717) is 24.1 Å². The van der Waals surface area contributed by atoms with E-state index < -0.39 is 11.9 Å². The average molecular weight is 272 g/mol. The van der Waals surface area contributed by atoms with Crippen LogP contribution >= 0.6 is 0 Å². The van der Waals surface area contributed by atoms with Gasteiger partial charge in [-0.15, -0.1) is 0 Å². The Labute approximate surface area is 117 Å². The molecule has 1 heterocycles. The SMILES string of the molecule is NC(=O)C1CCCN1C(=O)c1ccccc1C#CCO. The van der Waals surface area contributed by atoms with Crippen molar-refractivity contribution < 1.29 is 14.7 Å². The predicted molar refractivity (Wildman–Crippen MR) is 73.7 cm³/mol. The molecule has 3 N–H and O–H groups in total. The fraction of sp³-hybridized carbons (Fsp3) is 0.333. The van der Waals surface area contributed by atoms with Crippen LogP contribution in [0.5, 0.6) is 0 Å². The number of carbonyl (C=O) groups excluding carboxylic acids is 2. The van der Waals surface area contributed by atoms with Gasteiger partial charge in [0.1, 0.15) is 12.6 Å². The van der Waals surface area contributed by atoms with Crippen LogP contribution in [0, 0.1) is 11.8 Å². The normalized spacial score (nSPS) is 17.4. The van der Waals surface area contributed by atoms with Crippen LogP contribution < -0.4 is 5.73 Å². The zero-order valence-electron chi connectivity index (χ0n) is 11.0. The number of primary amides is 1. The van der Waals surface area contributed by atoms with E-state index in [1.165, 1.54) is 4.90 Å². The Morgan fingerprint density at radius 1 is 1.40 bits per heavy atom. The van der Waals surface area contributed by atoms with Crippen molar-refractivity contribution in [1.82, 2.24) is 4.90 Å². The summed E-state index contributed by atoms with van der Waals surface area (Å²) in [5.74, 6) is 4.56. The van der Waals surface area contributed by atoms with E-state index >= 15 is 0 Å². The molecule has 1 unspecified atom stereocenters. The summed E-state index contributed by atoms with van der Waals surface area (Å²) in [6.45, 7) is 0.254. The topological polar surface area (TPSA) is 83.6 Å². The third-order valence-electron chi connectivity index (χ3n) is 3.30. The van der Waals surface area contributed by atoms with Crippen molar-refractivity contribution in [2.75, 3.05) is 13.2 Å². The lowest BCUT2D eigenvalue weighted by molar-refractivity contribution is -0.121. The number of hydrogen-bond acceptors (Lipinski definition) is 3. The number of nitrogens with zero attached hydrogens (tertiary/aromatic N) is 1. The number of hydrogen-bond donors (Lipinski definition) is 2. The smallest absolute Gasteiger partial charge is 0.255 e. The van der Waals surface area contributed by atoms with Crippen molar-refractivity contribution in [3.8, 4) is 11.8 Å². The molecule has 0 aromatic heterocycles. The number of aliphatic hydroxyl groups excluding tert-OH is 1. The standard InChI is InChI=1S/C15H16N2O3/c16-14(19)13-8-3-9-17(13)15(20)12-7-2-1-5-11(12)6-4-10-18/h1-2,5,7,13,18H,3,8-10H2,(H2,16,19). The average Bonchev–Trinajstić information content (AvgIpc) is 2.94. The van der Waals surface area contributed by atoms with Gasteiger partial charge in [0.2, 0.25) is 5.91 Å². The highest BCUT2D eigenvalue weighted by atomic mass is 16.2. The second-order valence-corrected chi connectivity index (χ2v) is 4.56. The van der Waals surface area contributed by atoms with Gasteiger partial charge < -0.3 is 15.7 Å². The number of amides is 2. The summed E-state index contributed by atoms with van der Waals surface area (Å²) in [7, 11) is 0. The second kappa shape index (κ2) is 6.22. The third kappa shape index (κ3) is 2.81. The maximum absolute atomic E-state index is 12.5. The Morgan fingerprint density at radius 2 is 2.15 bits per heavy atom. The van der Waals surface area contributed by atoms with E-state index in [1.54, 1.807) is 24.3 Å². The molecule has 1 aromatic carbocycles. The molecule has 0 aliphatic carbocycles. The number of benzene rings is 1. The summed E-state index contributed by atoms with van der Waals surface area (Å²) in [4.78, 5) is 25.4. The first-order valence-electron chi connectivity index (χ1n) is 6.44. The Morgan fingerprint density at radius 3 is 2.85 bits per heavy atom. The number of nitrogens with two attached hydrogens (primary N) is 1. The molecule has 1 aliphatic heterocycles. The van der Waals surface area contributed by atoms with Gasteiger partial charge in [0, 0.05) is 12.1 Å². The molecule has 1 atom stereocenters. The lowest BCUT2D eigenvalue weighted by atomic mass is 10.1. The molecule has 0 radical (unpaired) electrons. The molecule has 0 bridgehead atoms. The van der Waals surface area contributed by atoms with Crippen molar-refractivity contribution in [2.45, 2.75) is 18.9 Å². The van der Waals surface area contributed by atoms with Crippen LogP contribution in [0.3, 0.4) is 0 Å². The van der Waals surface area contributed by atoms with Crippen LogP contribution in [0.15, 0.2) is 24.3 Å². The fourth-order valence-electron chi connectivity index (χ4n) is 2.37. The van der Waals surface area contributed by atoms with E-state index in [0.717, 1.165) is 6.42 Å². The van der Waals surface area contributed by atoms with E-state index in [1.807, 2.05) is 0 Å². The molecule has 0 saturated carbocycles. The maximum atomic E-state index is 12.5. The van der Waals surface area contributed by atoms with Gasteiger partial charge in [0.25, 0.3) is 5.91 Å². The van der Waals surface area contributed by atoms with Gasteiger partial charge >= 0.3 is 0 Å². The molecule has 1 fully saturated rings. The number of rotatable bonds is 2. The molecule has 2 rings (SSSR count). The second-order valence-electron chi connectivity index (χ2n) is 4.56. The Kier molecular flexibility index (Phi) is 4.38. The largest absolute Gasteiger partial charge is 0.384 e. The summed E-state index contributed by atoms with van der Waals surface area (Å²) in [5.41, 5.74) is 6.30. The van der Waals surface area contributed by atoms with Gasteiger partial charge in [-0.2, -0.15) is 0 Å². The van der Waals surface area contributed by atoms with Gasteiger partial charge in [-0.1, -0.05) is 24.0 Å². The number of aliphatic hydroxyl groups is 1. The molecule has 0 spiro atoms. The Bertz CT molecular complexity index is 586. The van der Waals surface area contributed by atoms with Crippen molar-refractivity contribution in [3.05, 3.63) is 35.4 Å². The first-order chi connectivity index (χ1) is 9.65. The monoisotopic (exact) mass is 272 g/mol. The van der Waals surface area contributed by atoms with Crippen molar-refractivity contribution in [2.24, 2.45) is 5.73 Å². The first-order valence-corrected chi connectivity index (χ1v) is 6.44. The highest BCUT2D eigenvalue weighted by Crippen LogP contribution is 2.21. The van der Waals surface area contributed by atoms with E-state index in [9.17, 15) is 9.59 Å².